The zero-order chi connectivity index (χ0) is 22.9. The van der Waals surface area contributed by atoms with E-state index < -0.39 is 23.8 Å². The van der Waals surface area contributed by atoms with Crippen LogP contribution in [0.2, 0.25) is 0 Å². The number of guanidine groups is 1. The molecule has 0 saturated carbocycles. The third-order valence-corrected chi connectivity index (χ3v) is 3.66. The predicted octanol–water partition coefficient (Wildman–Crippen LogP) is 3.88. The molecule has 178 valence electrons. The number of alkyl carbamates (subject to hydrolysis) is 1. The van der Waals surface area contributed by atoms with Crippen LogP contribution in [0.5, 0.6) is 11.5 Å². The number of aliphatic imine (C=N–C) groups is 1. The Hall–Kier alpha value is -2.05. The molecule has 0 bridgehead atoms. The van der Waals surface area contributed by atoms with Gasteiger partial charge in [0.2, 0.25) is 0 Å². The molecule has 0 fully saturated rings. The molecule has 3 N–H and O–H groups in total. The Morgan fingerprint density at radius 1 is 1.13 bits per heavy atom. The lowest BCUT2D eigenvalue weighted by atomic mass is 10.1. The highest BCUT2D eigenvalue weighted by molar-refractivity contribution is 14.0. The third kappa shape index (κ3) is 11.8. The molecule has 1 rings (SSSR count). The molecule has 0 aliphatic heterocycles. The lowest BCUT2D eigenvalue weighted by Crippen LogP contribution is -2.54. The number of alkyl halides is 2. The van der Waals surface area contributed by atoms with Crippen molar-refractivity contribution in [2.24, 2.45) is 4.99 Å². The van der Waals surface area contributed by atoms with Crippen molar-refractivity contribution < 1.29 is 27.8 Å². The summed E-state index contributed by atoms with van der Waals surface area (Å²) in [4.78, 5) is 16.1. The fourth-order valence-electron chi connectivity index (χ4n) is 2.35. The molecule has 1 aromatic carbocycles. The number of nitrogens with one attached hydrogen (secondary N) is 3. The standard InChI is InChI=1S/C20H32F2N4O4.HI/c1-19(2,3)30-18(27)26-20(4,5)12-25-17(23-6)24-11-13-8-9-14(28-7)15(10-13)29-16(21)22;/h8-10,16H,11-12H2,1-7H3,(H,26,27)(H2,23,24,25);1H. The number of methoxy groups -OCH3 is 1. The summed E-state index contributed by atoms with van der Waals surface area (Å²) in [6.07, 6.45) is -0.512. The molecule has 11 heteroatoms. The number of amides is 1. The summed E-state index contributed by atoms with van der Waals surface area (Å²) in [6.45, 7) is 6.79. The monoisotopic (exact) mass is 558 g/mol. The molecule has 0 atom stereocenters. The Balaban J connectivity index is 0.00000900. The summed E-state index contributed by atoms with van der Waals surface area (Å²) in [6, 6.07) is 4.75. The van der Waals surface area contributed by atoms with Crippen LogP contribution in [0.4, 0.5) is 13.6 Å². The Kier molecular flexibility index (Phi) is 11.9. The van der Waals surface area contributed by atoms with Gasteiger partial charge in [-0.25, -0.2) is 4.79 Å². The van der Waals surface area contributed by atoms with E-state index in [1.165, 1.54) is 13.2 Å². The van der Waals surface area contributed by atoms with Crippen LogP contribution in [0.25, 0.3) is 0 Å². The minimum atomic E-state index is -2.95. The molecule has 31 heavy (non-hydrogen) atoms. The number of nitrogens with zero attached hydrogens (tertiary/aromatic N) is 1. The Morgan fingerprint density at radius 3 is 2.29 bits per heavy atom. The lowest BCUT2D eigenvalue weighted by Gasteiger charge is -2.29. The third-order valence-electron chi connectivity index (χ3n) is 3.66. The number of carbonyl (C=O) groups excluding carboxylic acids is 1. The second-order valence-electron chi connectivity index (χ2n) is 8.15. The van der Waals surface area contributed by atoms with Crippen molar-refractivity contribution in [3.8, 4) is 11.5 Å². The van der Waals surface area contributed by atoms with Crippen molar-refractivity contribution in [3.63, 3.8) is 0 Å². The number of carbonyl (C=O) groups is 1. The van der Waals surface area contributed by atoms with Gasteiger partial charge >= 0.3 is 12.7 Å². The molecule has 0 radical (unpaired) electrons. The first kappa shape index (κ1) is 28.9. The van der Waals surface area contributed by atoms with Crippen LogP contribution in [0.15, 0.2) is 23.2 Å². The number of benzene rings is 1. The van der Waals surface area contributed by atoms with E-state index in [-0.39, 0.29) is 35.5 Å². The molecule has 0 spiro atoms. The predicted molar refractivity (Wildman–Crippen MR) is 127 cm³/mol. The fourth-order valence-corrected chi connectivity index (χ4v) is 2.35. The number of hydrogen-bond acceptors (Lipinski definition) is 5. The summed E-state index contributed by atoms with van der Waals surface area (Å²) in [7, 11) is 2.98. The van der Waals surface area contributed by atoms with Crippen LogP contribution in [-0.4, -0.2) is 50.5 Å². The molecule has 1 amide bonds. The average Bonchev–Trinajstić information content (AvgIpc) is 2.59. The van der Waals surface area contributed by atoms with Crippen LogP contribution >= 0.6 is 24.0 Å². The van der Waals surface area contributed by atoms with Gasteiger partial charge in [-0.15, -0.1) is 24.0 Å². The summed E-state index contributed by atoms with van der Waals surface area (Å²) in [5.74, 6) is 0.648. The second-order valence-corrected chi connectivity index (χ2v) is 8.15. The van der Waals surface area contributed by atoms with Gasteiger partial charge in [-0.05, 0) is 52.3 Å². The average molecular weight is 558 g/mol. The Morgan fingerprint density at radius 2 is 1.77 bits per heavy atom. The first-order chi connectivity index (χ1) is 13.8. The molecule has 1 aromatic rings. The van der Waals surface area contributed by atoms with E-state index in [2.05, 4.69) is 25.7 Å². The molecule has 0 aromatic heterocycles. The van der Waals surface area contributed by atoms with Crippen LogP contribution in [-0.2, 0) is 11.3 Å². The minimum Gasteiger partial charge on any atom is -0.493 e. The Bertz CT molecular complexity index is 740. The van der Waals surface area contributed by atoms with Crippen molar-refractivity contribution in [1.29, 1.82) is 0 Å². The van der Waals surface area contributed by atoms with Gasteiger partial charge in [0.15, 0.2) is 17.5 Å². The van der Waals surface area contributed by atoms with E-state index in [1.807, 2.05) is 13.8 Å². The van der Waals surface area contributed by atoms with Crippen LogP contribution < -0.4 is 25.4 Å². The molecule has 0 aliphatic carbocycles. The maximum atomic E-state index is 12.6. The Labute approximate surface area is 199 Å². The smallest absolute Gasteiger partial charge is 0.408 e. The van der Waals surface area contributed by atoms with Gasteiger partial charge in [0.25, 0.3) is 0 Å². The van der Waals surface area contributed by atoms with E-state index in [0.29, 0.717) is 24.6 Å². The fraction of sp³-hybridized carbons (Fsp3) is 0.600. The van der Waals surface area contributed by atoms with Crippen molar-refractivity contribution >= 4 is 36.0 Å². The van der Waals surface area contributed by atoms with Gasteiger partial charge in [-0.2, -0.15) is 8.78 Å². The summed E-state index contributed by atoms with van der Waals surface area (Å²) < 4.78 is 39.9. The van der Waals surface area contributed by atoms with E-state index in [0.717, 1.165) is 0 Å². The number of rotatable bonds is 8. The van der Waals surface area contributed by atoms with Crippen molar-refractivity contribution in [3.05, 3.63) is 23.8 Å². The normalized spacial score (nSPS) is 12.0. The topological polar surface area (TPSA) is 93.2 Å². The number of ether oxygens (including phenoxy) is 3. The van der Waals surface area contributed by atoms with Gasteiger partial charge in [0.1, 0.15) is 5.60 Å². The largest absolute Gasteiger partial charge is 0.493 e. The summed E-state index contributed by atoms with van der Waals surface area (Å²) in [5, 5.41) is 8.99. The zero-order valence-corrected chi connectivity index (χ0v) is 21.3. The highest BCUT2D eigenvalue weighted by atomic mass is 127. The van der Waals surface area contributed by atoms with E-state index in [9.17, 15) is 13.6 Å². The molecule has 0 saturated heterocycles. The zero-order valence-electron chi connectivity index (χ0n) is 19.0. The molecule has 8 nitrogen and oxygen atoms in total. The highest BCUT2D eigenvalue weighted by Gasteiger charge is 2.24. The van der Waals surface area contributed by atoms with Gasteiger partial charge in [0, 0.05) is 20.1 Å². The van der Waals surface area contributed by atoms with Gasteiger partial charge < -0.3 is 30.2 Å². The van der Waals surface area contributed by atoms with E-state index in [1.54, 1.807) is 40.0 Å². The lowest BCUT2D eigenvalue weighted by molar-refractivity contribution is -0.0512. The van der Waals surface area contributed by atoms with Crippen LogP contribution in [0.1, 0.15) is 40.2 Å². The molecule has 0 aliphatic rings. The maximum absolute atomic E-state index is 12.6. The number of halogens is 3. The second kappa shape index (κ2) is 12.7. The van der Waals surface area contributed by atoms with Gasteiger partial charge in [-0.3, -0.25) is 4.99 Å². The van der Waals surface area contributed by atoms with Crippen molar-refractivity contribution in [2.45, 2.75) is 58.9 Å². The van der Waals surface area contributed by atoms with Crippen LogP contribution in [0.3, 0.4) is 0 Å². The van der Waals surface area contributed by atoms with Crippen LogP contribution in [0, 0.1) is 0 Å². The first-order valence-electron chi connectivity index (χ1n) is 9.42. The van der Waals surface area contributed by atoms with E-state index >= 15 is 0 Å². The maximum Gasteiger partial charge on any atom is 0.408 e. The van der Waals surface area contributed by atoms with Gasteiger partial charge in [0.05, 0.1) is 12.6 Å². The van der Waals surface area contributed by atoms with Gasteiger partial charge in [-0.1, -0.05) is 6.07 Å². The first-order valence-corrected chi connectivity index (χ1v) is 9.42. The molecule has 0 unspecified atom stereocenters. The van der Waals surface area contributed by atoms with Crippen molar-refractivity contribution in [1.82, 2.24) is 16.0 Å². The summed E-state index contributed by atoms with van der Waals surface area (Å²) in [5.41, 5.74) is -0.505. The molecular weight excluding hydrogens is 525 g/mol. The SMILES string of the molecule is CN=C(NCc1ccc(OC)c(OC(F)F)c1)NCC(C)(C)NC(=O)OC(C)(C)C.I. The molecular formula is C20H33F2IN4O4. The quantitative estimate of drug-likeness (QED) is 0.255. The highest BCUT2D eigenvalue weighted by Crippen LogP contribution is 2.29. The number of hydrogen-bond donors (Lipinski definition) is 3. The van der Waals surface area contributed by atoms with E-state index in [4.69, 9.17) is 9.47 Å². The molecule has 0 heterocycles. The van der Waals surface area contributed by atoms with Crippen molar-refractivity contribution in [2.75, 3.05) is 20.7 Å². The minimum absolute atomic E-state index is 0. The summed E-state index contributed by atoms with van der Waals surface area (Å²) >= 11 is 0.